The number of nitrogens with zero attached hydrogens (tertiary/aromatic N) is 3. The molecule has 0 saturated heterocycles. The van der Waals surface area contributed by atoms with Gasteiger partial charge in [-0.1, -0.05) is 5.16 Å². The predicted octanol–water partition coefficient (Wildman–Crippen LogP) is 2.16. The van der Waals surface area contributed by atoms with E-state index in [-0.39, 0.29) is 18.6 Å². The maximum Gasteiger partial charge on any atom is 0.264 e. The second-order valence-corrected chi connectivity index (χ2v) is 5.73. The number of carbonyl (C=O) groups excluding carboxylic acids is 1. The maximum atomic E-state index is 11.8. The van der Waals surface area contributed by atoms with E-state index in [9.17, 15) is 4.79 Å². The van der Waals surface area contributed by atoms with Crippen LogP contribution in [0.1, 0.15) is 41.5 Å². The number of hydrogen-bond donors (Lipinski definition) is 0. The average molecular weight is 317 g/mol. The van der Waals surface area contributed by atoms with E-state index in [0.29, 0.717) is 30.6 Å². The van der Waals surface area contributed by atoms with Crippen molar-refractivity contribution in [3.05, 3.63) is 41.0 Å². The monoisotopic (exact) mass is 317 g/mol. The third-order valence-electron chi connectivity index (χ3n) is 3.48. The Bertz CT molecular complexity index is 711. The first kappa shape index (κ1) is 15.5. The van der Waals surface area contributed by atoms with Crippen LogP contribution in [0, 0.1) is 0 Å². The van der Waals surface area contributed by atoms with E-state index in [1.54, 1.807) is 24.1 Å². The number of fused-ring (bicyclic) bond motifs is 1. The van der Waals surface area contributed by atoms with Crippen LogP contribution in [0.3, 0.4) is 0 Å². The normalized spacial score (nSPS) is 13.7. The Hall–Kier alpha value is -2.41. The number of hydrogen-bond acceptors (Lipinski definition) is 6. The van der Waals surface area contributed by atoms with Crippen LogP contribution in [-0.2, 0) is 24.5 Å². The Morgan fingerprint density at radius 3 is 2.96 bits per heavy atom. The molecule has 0 bridgehead atoms. The van der Waals surface area contributed by atoms with Crippen LogP contribution in [0.2, 0.25) is 0 Å². The molecule has 0 fully saturated rings. The van der Waals surface area contributed by atoms with Gasteiger partial charge in [0.1, 0.15) is 12.4 Å². The molecule has 0 saturated carbocycles. The smallest absolute Gasteiger partial charge is 0.264 e. The van der Waals surface area contributed by atoms with Gasteiger partial charge in [-0.3, -0.25) is 4.79 Å². The lowest BCUT2D eigenvalue weighted by atomic mass is 10.1. The molecule has 0 aliphatic carbocycles. The van der Waals surface area contributed by atoms with E-state index in [2.05, 4.69) is 10.1 Å². The summed E-state index contributed by atoms with van der Waals surface area (Å²) in [5, 5.41) is 3.84. The lowest BCUT2D eigenvalue weighted by Gasteiger charge is -2.05. The van der Waals surface area contributed by atoms with E-state index < -0.39 is 0 Å². The molecule has 1 aromatic heterocycles. The minimum absolute atomic E-state index is 0.0400. The first-order chi connectivity index (χ1) is 11.0. The van der Waals surface area contributed by atoms with Crippen LogP contribution in [0.4, 0.5) is 0 Å². The second kappa shape index (κ2) is 6.37. The first-order valence-electron chi connectivity index (χ1n) is 7.47. The van der Waals surface area contributed by atoms with Crippen molar-refractivity contribution in [1.29, 1.82) is 0 Å². The summed E-state index contributed by atoms with van der Waals surface area (Å²) < 4.78 is 16.2. The third kappa shape index (κ3) is 3.50. The molecule has 122 valence electrons. The van der Waals surface area contributed by atoms with Gasteiger partial charge in [-0.25, -0.2) is 0 Å². The highest BCUT2D eigenvalue weighted by atomic mass is 16.5. The summed E-state index contributed by atoms with van der Waals surface area (Å²) in [6.07, 6.45) is 0.112. The van der Waals surface area contributed by atoms with Crippen molar-refractivity contribution in [2.24, 2.45) is 0 Å². The van der Waals surface area contributed by atoms with Gasteiger partial charge >= 0.3 is 0 Å². The fraction of sp³-hybridized carbons (Fsp3) is 0.438. The van der Waals surface area contributed by atoms with Crippen LogP contribution in [0.5, 0.6) is 5.75 Å². The number of ether oxygens (including phenoxy) is 2. The zero-order chi connectivity index (χ0) is 16.4. The molecule has 3 rings (SSSR count). The highest BCUT2D eigenvalue weighted by Crippen LogP contribution is 2.26. The van der Waals surface area contributed by atoms with E-state index in [4.69, 9.17) is 14.0 Å². The largest absolute Gasteiger partial charge is 0.484 e. The number of carbonyl (C=O) groups is 1. The van der Waals surface area contributed by atoms with Crippen LogP contribution < -0.4 is 4.74 Å². The van der Waals surface area contributed by atoms with Gasteiger partial charge in [0.2, 0.25) is 0 Å². The zero-order valence-electron chi connectivity index (χ0n) is 13.4. The van der Waals surface area contributed by atoms with Crippen LogP contribution in [0.25, 0.3) is 0 Å². The van der Waals surface area contributed by atoms with Crippen molar-refractivity contribution < 1.29 is 18.8 Å². The lowest BCUT2D eigenvalue weighted by molar-refractivity contribution is 0.0601. The van der Waals surface area contributed by atoms with Crippen LogP contribution in [0.15, 0.2) is 22.7 Å². The molecule has 0 N–H and O–H groups in total. The van der Waals surface area contributed by atoms with Gasteiger partial charge in [0.15, 0.2) is 12.4 Å². The molecule has 0 spiro atoms. The Morgan fingerprint density at radius 1 is 1.35 bits per heavy atom. The van der Waals surface area contributed by atoms with Gasteiger partial charge in [0.25, 0.3) is 11.8 Å². The minimum atomic E-state index is 0.0400. The summed E-state index contributed by atoms with van der Waals surface area (Å²) in [7, 11) is 1.78. The van der Waals surface area contributed by atoms with E-state index in [0.717, 1.165) is 11.1 Å². The van der Waals surface area contributed by atoms with E-state index >= 15 is 0 Å². The molecule has 2 aromatic rings. The molecular formula is C16H19N3O4. The Kier molecular flexibility index (Phi) is 4.29. The number of aromatic nitrogens is 2. The molecule has 0 radical (unpaired) electrons. The number of amides is 1. The highest BCUT2D eigenvalue weighted by molar-refractivity contribution is 5.98. The SMILES string of the molecule is CC(C)OCc1noc(COc2ccc3c(c2)CN(C)C3=O)n1. The summed E-state index contributed by atoms with van der Waals surface area (Å²) in [5.41, 5.74) is 1.69. The van der Waals surface area contributed by atoms with Gasteiger partial charge in [0.05, 0.1) is 6.10 Å². The van der Waals surface area contributed by atoms with Gasteiger partial charge < -0.3 is 18.9 Å². The van der Waals surface area contributed by atoms with Crippen molar-refractivity contribution in [3.8, 4) is 5.75 Å². The summed E-state index contributed by atoms with van der Waals surface area (Å²) in [5.74, 6) is 1.60. The number of benzene rings is 1. The molecule has 7 heteroatoms. The molecule has 0 atom stereocenters. The van der Waals surface area contributed by atoms with Crippen molar-refractivity contribution in [3.63, 3.8) is 0 Å². The topological polar surface area (TPSA) is 77.7 Å². The van der Waals surface area contributed by atoms with Crippen LogP contribution >= 0.6 is 0 Å². The number of rotatable bonds is 6. The van der Waals surface area contributed by atoms with Gasteiger partial charge in [-0.05, 0) is 37.6 Å². The molecule has 23 heavy (non-hydrogen) atoms. The van der Waals surface area contributed by atoms with Crippen molar-refractivity contribution in [2.75, 3.05) is 7.05 Å². The first-order valence-corrected chi connectivity index (χ1v) is 7.47. The predicted molar refractivity (Wildman–Crippen MR) is 80.8 cm³/mol. The fourth-order valence-corrected chi connectivity index (χ4v) is 2.33. The van der Waals surface area contributed by atoms with E-state index in [1.165, 1.54) is 0 Å². The van der Waals surface area contributed by atoms with Crippen molar-refractivity contribution in [2.45, 2.75) is 39.7 Å². The average Bonchev–Trinajstić information content (AvgIpc) is 3.08. The molecule has 1 amide bonds. The van der Waals surface area contributed by atoms with E-state index in [1.807, 2.05) is 19.9 Å². The summed E-state index contributed by atoms with van der Waals surface area (Å²) in [6.45, 7) is 4.98. The zero-order valence-corrected chi connectivity index (χ0v) is 13.4. The molecule has 0 unspecified atom stereocenters. The van der Waals surface area contributed by atoms with Gasteiger partial charge in [-0.15, -0.1) is 0 Å². The van der Waals surface area contributed by atoms with Crippen molar-refractivity contribution >= 4 is 5.91 Å². The summed E-state index contributed by atoms with van der Waals surface area (Å²) in [6, 6.07) is 5.43. The summed E-state index contributed by atoms with van der Waals surface area (Å²) in [4.78, 5) is 17.7. The third-order valence-corrected chi connectivity index (χ3v) is 3.48. The fourth-order valence-electron chi connectivity index (χ4n) is 2.33. The molecule has 1 aromatic carbocycles. The maximum absolute atomic E-state index is 11.8. The van der Waals surface area contributed by atoms with Gasteiger partial charge in [0, 0.05) is 19.2 Å². The standard InChI is InChI=1S/C16H19N3O4/c1-10(2)21-8-14-17-15(23-18-14)9-22-12-4-5-13-11(6-12)7-19(3)16(13)20/h4-6,10H,7-9H2,1-3H3. The quantitative estimate of drug-likeness (QED) is 0.812. The Labute approximate surface area is 134 Å². The molecule has 7 nitrogen and oxygen atoms in total. The Balaban J connectivity index is 1.59. The molecule has 2 heterocycles. The van der Waals surface area contributed by atoms with Crippen LogP contribution in [-0.4, -0.2) is 34.1 Å². The lowest BCUT2D eigenvalue weighted by Crippen LogP contribution is -2.17. The highest BCUT2D eigenvalue weighted by Gasteiger charge is 2.24. The molecular weight excluding hydrogens is 298 g/mol. The molecule has 1 aliphatic rings. The van der Waals surface area contributed by atoms with Gasteiger partial charge in [-0.2, -0.15) is 4.98 Å². The Morgan fingerprint density at radius 2 is 2.17 bits per heavy atom. The second-order valence-electron chi connectivity index (χ2n) is 5.73. The van der Waals surface area contributed by atoms with Crippen molar-refractivity contribution in [1.82, 2.24) is 15.0 Å². The summed E-state index contributed by atoms with van der Waals surface area (Å²) >= 11 is 0. The molecule has 1 aliphatic heterocycles. The minimum Gasteiger partial charge on any atom is -0.484 e.